The summed E-state index contributed by atoms with van der Waals surface area (Å²) >= 11 is 0. The maximum Gasteiger partial charge on any atom is -0.0225 e. The Morgan fingerprint density at radius 3 is 0.900 bits per heavy atom. The molecule has 0 heterocycles. The maximum absolute atomic E-state index is 2.64. The van der Waals surface area contributed by atoms with E-state index in [9.17, 15) is 0 Å². The average molecular weight is 419 g/mol. The molecule has 178 valence electrons. The lowest BCUT2D eigenvalue weighted by molar-refractivity contribution is -0.249. The van der Waals surface area contributed by atoms with Gasteiger partial charge in [0.05, 0.1) is 0 Å². The van der Waals surface area contributed by atoms with Crippen LogP contribution in [0.1, 0.15) is 111 Å². The molecule has 0 heteroatoms. The fourth-order valence-corrected chi connectivity index (χ4v) is 8.88. The summed E-state index contributed by atoms with van der Waals surface area (Å²) in [5, 5.41) is 0. The number of allylic oxidation sites excluding steroid dienone is 2. The molecule has 2 saturated carbocycles. The minimum Gasteiger partial charge on any atom is -0.0851 e. The Bertz CT molecular complexity index is 535. The van der Waals surface area contributed by atoms with Crippen LogP contribution < -0.4 is 0 Å². The van der Waals surface area contributed by atoms with Crippen molar-refractivity contribution in [2.75, 3.05) is 0 Å². The Kier molecular flexibility index (Phi) is 8.28. The summed E-state index contributed by atoms with van der Waals surface area (Å²) in [7, 11) is 0. The van der Waals surface area contributed by atoms with Crippen LogP contribution in [0.5, 0.6) is 0 Å². The van der Waals surface area contributed by atoms with E-state index in [2.05, 4.69) is 95.2 Å². The molecule has 0 spiro atoms. The van der Waals surface area contributed by atoms with Gasteiger partial charge in [-0.25, -0.2) is 0 Å². The summed E-state index contributed by atoms with van der Waals surface area (Å²) in [6.07, 6.45) is 5.08. The van der Waals surface area contributed by atoms with E-state index >= 15 is 0 Å². The number of hydrogen-bond donors (Lipinski definition) is 0. The van der Waals surface area contributed by atoms with Crippen LogP contribution in [-0.4, -0.2) is 0 Å². The van der Waals surface area contributed by atoms with Gasteiger partial charge in [-0.1, -0.05) is 123 Å². The predicted octanol–water partition coefficient (Wildman–Crippen LogP) is 9.75. The fourth-order valence-electron chi connectivity index (χ4n) is 8.88. The third-order valence-corrected chi connectivity index (χ3v) is 11.1. The number of fused-ring (bicyclic) bond motifs is 2. The Balaban J connectivity index is 0.00000106. The largest absolute Gasteiger partial charge is 0.0851 e. The molecule has 0 aliphatic heterocycles. The number of hydrogen-bond acceptors (Lipinski definition) is 0. The summed E-state index contributed by atoms with van der Waals surface area (Å²) < 4.78 is 0. The summed E-state index contributed by atoms with van der Waals surface area (Å²) in [6, 6.07) is 0. The molecule has 0 N–H and O–H groups in total. The van der Waals surface area contributed by atoms with Crippen LogP contribution in [0.3, 0.4) is 0 Å². The van der Waals surface area contributed by atoms with Crippen molar-refractivity contribution >= 4 is 0 Å². The van der Waals surface area contributed by atoms with E-state index in [1.54, 1.807) is 0 Å². The molecule has 3 aliphatic rings. The van der Waals surface area contributed by atoms with E-state index < -0.39 is 0 Å². The van der Waals surface area contributed by atoms with E-state index in [-0.39, 0.29) is 0 Å². The molecular formula is C30H58. The van der Waals surface area contributed by atoms with Crippen molar-refractivity contribution in [3.05, 3.63) is 12.2 Å². The van der Waals surface area contributed by atoms with Gasteiger partial charge in [-0.15, -0.1) is 0 Å². The van der Waals surface area contributed by atoms with Crippen LogP contribution in [0.25, 0.3) is 0 Å². The zero-order chi connectivity index (χ0) is 24.0. The molecule has 0 radical (unpaired) electrons. The lowest BCUT2D eigenvalue weighted by Gasteiger charge is -2.73. The highest BCUT2D eigenvalue weighted by atomic mass is 14.7. The first-order valence-electron chi connectivity index (χ1n) is 13.3. The van der Waals surface area contributed by atoms with Gasteiger partial charge in [0, 0.05) is 0 Å². The second kappa shape index (κ2) is 8.94. The van der Waals surface area contributed by atoms with E-state index in [0.717, 1.165) is 35.5 Å². The molecule has 0 nitrogen and oxygen atoms in total. The van der Waals surface area contributed by atoms with Gasteiger partial charge in [0.1, 0.15) is 0 Å². The Labute approximate surface area is 192 Å². The van der Waals surface area contributed by atoms with E-state index in [1.807, 2.05) is 27.7 Å². The first kappa shape index (κ1) is 27.8. The standard InChI is InChI=1S/C26H46.2C2H6/c1-15-13-14-16(2)20-19(15)23(5,6)21-17(3)25(9,10)26(11,12)18(4)22(21)24(20,7)8;2*1-2/h13-22H,1-12H3;2*1-2H3. The fraction of sp³-hybridized carbons (Fsp3) is 0.933. The van der Waals surface area contributed by atoms with Gasteiger partial charge in [0.2, 0.25) is 0 Å². The molecular weight excluding hydrogens is 360 g/mol. The monoisotopic (exact) mass is 418 g/mol. The van der Waals surface area contributed by atoms with E-state index in [4.69, 9.17) is 0 Å². The Hall–Kier alpha value is -0.260. The van der Waals surface area contributed by atoms with Crippen LogP contribution in [0.2, 0.25) is 0 Å². The second-order valence-electron chi connectivity index (χ2n) is 12.9. The molecule has 3 rings (SSSR count). The maximum atomic E-state index is 2.64. The molecule has 30 heavy (non-hydrogen) atoms. The van der Waals surface area contributed by atoms with Gasteiger partial charge in [0.25, 0.3) is 0 Å². The van der Waals surface area contributed by atoms with Gasteiger partial charge >= 0.3 is 0 Å². The normalized spacial score (nSPS) is 44.3. The molecule has 0 aromatic heterocycles. The minimum atomic E-state index is 0.368. The van der Waals surface area contributed by atoms with Gasteiger partial charge in [-0.3, -0.25) is 0 Å². The molecule has 0 aromatic carbocycles. The van der Waals surface area contributed by atoms with Crippen molar-refractivity contribution in [3.63, 3.8) is 0 Å². The minimum absolute atomic E-state index is 0.368. The van der Waals surface area contributed by atoms with Crippen molar-refractivity contribution in [2.45, 2.75) is 111 Å². The van der Waals surface area contributed by atoms with Gasteiger partial charge in [-0.2, -0.15) is 0 Å². The lowest BCUT2D eigenvalue weighted by Crippen LogP contribution is -2.68. The summed E-state index contributed by atoms with van der Waals surface area (Å²) in [6.45, 7) is 39.0. The zero-order valence-corrected chi connectivity index (χ0v) is 23.8. The third-order valence-electron chi connectivity index (χ3n) is 11.1. The summed E-state index contributed by atoms with van der Waals surface area (Å²) in [5.41, 5.74) is 1.52. The summed E-state index contributed by atoms with van der Waals surface area (Å²) in [5.74, 6) is 6.11. The van der Waals surface area contributed by atoms with E-state index in [0.29, 0.717) is 33.5 Å². The highest BCUT2D eigenvalue weighted by molar-refractivity contribution is 5.20. The SMILES string of the molecule is CC.CC.CC1C=CC(C)C2C1C(C)(C)C1C(C(C)C(C)(C)C(C)(C)C1C)C2(C)C. The number of rotatable bonds is 0. The average Bonchev–Trinajstić information content (AvgIpc) is 2.67. The first-order chi connectivity index (χ1) is 13.6. The quantitative estimate of drug-likeness (QED) is 0.343. The molecule has 0 saturated heterocycles. The van der Waals surface area contributed by atoms with Crippen LogP contribution >= 0.6 is 0 Å². The Morgan fingerprint density at radius 1 is 0.433 bits per heavy atom. The van der Waals surface area contributed by atoms with Crippen LogP contribution in [-0.2, 0) is 0 Å². The lowest BCUT2D eigenvalue weighted by atomic mass is 9.31. The molecule has 8 unspecified atom stereocenters. The summed E-state index contributed by atoms with van der Waals surface area (Å²) in [4.78, 5) is 0. The molecule has 3 aliphatic carbocycles. The van der Waals surface area contributed by atoms with Crippen LogP contribution in [0.15, 0.2) is 12.2 Å². The van der Waals surface area contributed by atoms with Crippen LogP contribution in [0, 0.1) is 69.0 Å². The van der Waals surface area contributed by atoms with Gasteiger partial charge < -0.3 is 0 Å². The van der Waals surface area contributed by atoms with Crippen LogP contribution in [0.4, 0.5) is 0 Å². The van der Waals surface area contributed by atoms with Crippen molar-refractivity contribution in [2.24, 2.45) is 69.0 Å². The van der Waals surface area contributed by atoms with Gasteiger partial charge in [-0.05, 0) is 69.0 Å². The molecule has 0 bridgehead atoms. The Morgan fingerprint density at radius 2 is 0.667 bits per heavy atom. The van der Waals surface area contributed by atoms with E-state index in [1.165, 1.54) is 0 Å². The zero-order valence-electron chi connectivity index (χ0n) is 23.8. The highest BCUT2D eigenvalue weighted by Gasteiger charge is 2.68. The van der Waals surface area contributed by atoms with Crippen molar-refractivity contribution in [1.29, 1.82) is 0 Å². The van der Waals surface area contributed by atoms with Crippen molar-refractivity contribution < 1.29 is 0 Å². The smallest absolute Gasteiger partial charge is 0.0225 e. The van der Waals surface area contributed by atoms with Crippen molar-refractivity contribution in [1.82, 2.24) is 0 Å². The highest BCUT2D eigenvalue weighted by Crippen LogP contribution is 2.73. The van der Waals surface area contributed by atoms with Crippen molar-refractivity contribution in [3.8, 4) is 0 Å². The first-order valence-corrected chi connectivity index (χ1v) is 13.3. The third kappa shape index (κ3) is 3.65. The predicted molar refractivity (Wildman–Crippen MR) is 138 cm³/mol. The topological polar surface area (TPSA) is 0 Å². The second-order valence-corrected chi connectivity index (χ2v) is 12.9. The molecule has 8 atom stereocenters. The molecule has 0 amide bonds. The molecule has 2 fully saturated rings. The molecule has 0 aromatic rings. The van der Waals surface area contributed by atoms with Gasteiger partial charge in [0.15, 0.2) is 0 Å².